The van der Waals surface area contributed by atoms with Crippen LogP contribution in [0.4, 0.5) is 0 Å². The van der Waals surface area contributed by atoms with E-state index in [2.05, 4.69) is 8.75 Å². The Morgan fingerprint density at radius 2 is 1.59 bits per heavy atom. The summed E-state index contributed by atoms with van der Waals surface area (Å²) in [6.07, 6.45) is 0.527. The van der Waals surface area contributed by atoms with Crippen molar-refractivity contribution in [1.82, 2.24) is 18.0 Å². The molecule has 2 amide bonds. The fraction of sp³-hybridized carbons (Fsp3) is 0.167. The second kappa shape index (κ2) is 7.79. The lowest BCUT2D eigenvalue weighted by atomic mass is 9.94. The fourth-order valence-electron chi connectivity index (χ4n) is 4.80. The van der Waals surface area contributed by atoms with Gasteiger partial charge in [-0.15, -0.1) is 0 Å². The summed E-state index contributed by atoms with van der Waals surface area (Å²) >= 11 is 0.958. The smallest absolute Gasteiger partial charge is 0.261 e. The van der Waals surface area contributed by atoms with Gasteiger partial charge in [0.25, 0.3) is 11.8 Å². The predicted octanol–water partition coefficient (Wildman–Crippen LogP) is 3.28. The number of carbonyl (C=O) groups excluding carboxylic acids is 2. The van der Waals surface area contributed by atoms with Gasteiger partial charge in [0.2, 0.25) is 10.0 Å². The van der Waals surface area contributed by atoms with E-state index in [0.29, 0.717) is 28.6 Å². The summed E-state index contributed by atoms with van der Waals surface area (Å²) in [5, 5.41) is 0. The van der Waals surface area contributed by atoms with Crippen molar-refractivity contribution < 1.29 is 18.0 Å². The quantitative estimate of drug-likeness (QED) is 0.407. The van der Waals surface area contributed by atoms with Crippen LogP contribution in [0.3, 0.4) is 0 Å². The molecule has 4 aromatic rings. The Balaban J connectivity index is 1.45. The highest BCUT2D eigenvalue weighted by Crippen LogP contribution is 2.37. The van der Waals surface area contributed by atoms with Gasteiger partial charge in [-0.05, 0) is 41.8 Å². The molecule has 0 radical (unpaired) electrons. The number of hydrogen-bond donors (Lipinski definition) is 0. The summed E-state index contributed by atoms with van der Waals surface area (Å²) in [5.41, 5.74) is 3.31. The van der Waals surface area contributed by atoms with Gasteiger partial charge in [-0.2, -0.15) is 13.1 Å². The second-order valence-electron chi connectivity index (χ2n) is 8.23. The number of nitrogens with zero attached hydrogens (tertiary/aromatic N) is 4. The summed E-state index contributed by atoms with van der Waals surface area (Å²) in [6.45, 7) is 0.148. The zero-order valence-electron chi connectivity index (χ0n) is 17.8. The van der Waals surface area contributed by atoms with Crippen molar-refractivity contribution in [3.05, 3.63) is 89.0 Å². The lowest BCUT2D eigenvalue weighted by molar-refractivity contribution is 0.0616. The molecule has 10 heteroatoms. The highest BCUT2D eigenvalue weighted by molar-refractivity contribution is 7.89. The highest BCUT2D eigenvalue weighted by atomic mass is 32.2. The van der Waals surface area contributed by atoms with E-state index >= 15 is 0 Å². The van der Waals surface area contributed by atoms with Crippen LogP contribution >= 0.6 is 11.7 Å². The van der Waals surface area contributed by atoms with E-state index in [1.165, 1.54) is 10.4 Å². The Morgan fingerprint density at radius 3 is 2.35 bits per heavy atom. The van der Waals surface area contributed by atoms with Crippen LogP contribution in [0, 0.1) is 0 Å². The third-order valence-electron chi connectivity index (χ3n) is 6.43. The van der Waals surface area contributed by atoms with Crippen molar-refractivity contribution in [2.24, 2.45) is 0 Å². The maximum Gasteiger partial charge on any atom is 0.261 e. The van der Waals surface area contributed by atoms with E-state index in [4.69, 9.17) is 0 Å². The topological polar surface area (TPSA) is 101 Å². The molecule has 0 saturated heterocycles. The minimum atomic E-state index is -4.01. The van der Waals surface area contributed by atoms with Gasteiger partial charge in [-0.25, -0.2) is 8.42 Å². The number of amides is 2. The molecular formula is C24H18N4O4S2. The third-order valence-corrected chi connectivity index (χ3v) is 8.91. The van der Waals surface area contributed by atoms with E-state index in [-0.39, 0.29) is 18.0 Å². The molecule has 2 aliphatic rings. The lowest BCUT2D eigenvalue weighted by Gasteiger charge is -2.37. The zero-order chi connectivity index (χ0) is 23.4. The second-order valence-corrected chi connectivity index (χ2v) is 10.6. The molecule has 0 spiro atoms. The number of aromatic nitrogens is 2. The van der Waals surface area contributed by atoms with Gasteiger partial charge in [0.1, 0.15) is 15.9 Å². The van der Waals surface area contributed by atoms with E-state index in [1.54, 1.807) is 36.4 Å². The lowest BCUT2D eigenvalue weighted by Crippen LogP contribution is -2.46. The number of carbonyl (C=O) groups is 2. The molecule has 170 valence electrons. The number of benzene rings is 3. The molecule has 0 fully saturated rings. The Bertz CT molecular complexity index is 1550. The molecule has 0 unspecified atom stereocenters. The van der Waals surface area contributed by atoms with Crippen LogP contribution in [0.2, 0.25) is 0 Å². The van der Waals surface area contributed by atoms with Crippen molar-refractivity contribution in [3.8, 4) is 0 Å². The summed E-state index contributed by atoms with van der Waals surface area (Å²) < 4.78 is 37.7. The van der Waals surface area contributed by atoms with Crippen molar-refractivity contribution in [2.45, 2.75) is 17.4 Å². The van der Waals surface area contributed by atoms with Crippen molar-refractivity contribution >= 4 is 44.6 Å². The summed E-state index contributed by atoms with van der Waals surface area (Å²) in [4.78, 5) is 27.4. The van der Waals surface area contributed by atoms with Crippen LogP contribution in [0.15, 0.2) is 71.6 Å². The average molecular weight is 491 g/mol. The molecule has 1 atom stereocenters. The Hall–Kier alpha value is -3.47. The highest BCUT2D eigenvalue weighted by Gasteiger charge is 2.43. The molecule has 6 rings (SSSR count). The number of hydrogen-bond acceptors (Lipinski definition) is 7. The molecule has 0 aliphatic carbocycles. The minimum absolute atomic E-state index is 0.0745. The Kier molecular flexibility index (Phi) is 4.83. The van der Waals surface area contributed by atoms with E-state index < -0.39 is 27.9 Å². The third kappa shape index (κ3) is 3.10. The molecule has 34 heavy (non-hydrogen) atoms. The van der Waals surface area contributed by atoms with E-state index in [0.717, 1.165) is 27.8 Å². The van der Waals surface area contributed by atoms with Gasteiger partial charge in [-0.1, -0.05) is 42.5 Å². The molecule has 1 aromatic heterocycles. The number of rotatable bonds is 4. The fourth-order valence-corrected chi connectivity index (χ4v) is 7.15. The summed E-state index contributed by atoms with van der Waals surface area (Å²) in [7, 11) is -4.01. The maximum absolute atomic E-state index is 13.9. The predicted molar refractivity (Wildman–Crippen MR) is 126 cm³/mol. The number of imide groups is 1. The average Bonchev–Trinajstić information content (AvgIpc) is 3.43. The molecular weight excluding hydrogens is 472 g/mol. The van der Waals surface area contributed by atoms with Gasteiger partial charge < -0.3 is 0 Å². The monoisotopic (exact) mass is 490 g/mol. The molecule has 0 saturated carbocycles. The standard InChI is InChI=1S/C24H18N4O4S2/c29-23-17-8-3-4-9-18(17)24(30)27(23)14-20-16-7-2-1-6-15(16)12-13-28(20)34(31,32)21-11-5-10-19-22(21)26-33-25-19/h1-11,20H,12-14H2/t20-/m0/s1. The van der Waals surface area contributed by atoms with Crippen molar-refractivity contribution in [1.29, 1.82) is 0 Å². The van der Waals surface area contributed by atoms with E-state index in [9.17, 15) is 18.0 Å². The van der Waals surface area contributed by atoms with Crippen molar-refractivity contribution in [3.63, 3.8) is 0 Å². The first kappa shape index (κ1) is 21.1. The Labute approximate surface area is 199 Å². The van der Waals surface area contributed by atoms with Crippen LogP contribution in [0.25, 0.3) is 11.0 Å². The van der Waals surface area contributed by atoms with Gasteiger partial charge in [-0.3, -0.25) is 14.5 Å². The van der Waals surface area contributed by atoms with Gasteiger partial charge >= 0.3 is 0 Å². The first-order chi connectivity index (χ1) is 16.5. The summed E-state index contributed by atoms with van der Waals surface area (Å²) in [5.74, 6) is -0.821. The molecule has 0 N–H and O–H groups in total. The normalized spacial score (nSPS) is 18.4. The van der Waals surface area contributed by atoms with Gasteiger partial charge in [0.05, 0.1) is 35.4 Å². The van der Waals surface area contributed by atoms with Crippen LogP contribution in [0.5, 0.6) is 0 Å². The molecule has 2 aliphatic heterocycles. The maximum atomic E-state index is 13.9. The van der Waals surface area contributed by atoms with Gasteiger partial charge in [0.15, 0.2) is 0 Å². The number of sulfonamides is 1. The van der Waals surface area contributed by atoms with Crippen molar-refractivity contribution in [2.75, 3.05) is 13.1 Å². The van der Waals surface area contributed by atoms with Crippen LogP contribution in [-0.2, 0) is 16.4 Å². The minimum Gasteiger partial charge on any atom is -0.272 e. The number of fused-ring (bicyclic) bond motifs is 3. The molecule has 3 aromatic carbocycles. The molecule has 8 nitrogen and oxygen atoms in total. The molecule has 3 heterocycles. The first-order valence-corrected chi connectivity index (χ1v) is 12.9. The SMILES string of the molecule is O=C1c2ccccc2C(=O)N1C[C@H]1c2ccccc2CCN1S(=O)(=O)c1cccc2nsnc12. The van der Waals surface area contributed by atoms with Gasteiger partial charge in [0, 0.05) is 6.54 Å². The Morgan fingerprint density at radius 1 is 0.882 bits per heavy atom. The van der Waals surface area contributed by atoms with Crippen LogP contribution in [-0.4, -0.2) is 51.3 Å². The summed E-state index contributed by atoms with van der Waals surface area (Å²) in [6, 6.07) is 18.4. The van der Waals surface area contributed by atoms with Crippen LogP contribution < -0.4 is 0 Å². The largest absolute Gasteiger partial charge is 0.272 e. The van der Waals surface area contributed by atoms with Crippen LogP contribution in [0.1, 0.15) is 37.9 Å². The zero-order valence-corrected chi connectivity index (χ0v) is 19.4. The van der Waals surface area contributed by atoms with E-state index in [1.807, 2.05) is 24.3 Å². The molecule has 0 bridgehead atoms. The first-order valence-electron chi connectivity index (χ1n) is 10.7.